The van der Waals surface area contributed by atoms with Gasteiger partial charge in [0.2, 0.25) is 5.95 Å². The van der Waals surface area contributed by atoms with E-state index < -0.39 is 18.3 Å². The fourth-order valence-electron chi connectivity index (χ4n) is 2.83. The van der Waals surface area contributed by atoms with Gasteiger partial charge in [-0.2, -0.15) is 0 Å². The molecule has 2 rings (SSSR count). The fourth-order valence-corrected chi connectivity index (χ4v) is 2.83. The van der Waals surface area contributed by atoms with E-state index in [2.05, 4.69) is 28.8 Å². The van der Waals surface area contributed by atoms with Crippen molar-refractivity contribution in [1.82, 2.24) is 15.0 Å². The van der Waals surface area contributed by atoms with Crippen molar-refractivity contribution in [2.75, 3.05) is 18.6 Å². The minimum atomic E-state index is -1.19. The highest BCUT2D eigenvalue weighted by atomic mass is 19.1. The van der Waals surface area contributed by atoms with Crippen LogP contribution in [0.1, 0.15) is 32.9 Å². The molecule has 0 aromatic carbocycles. The molecule has 0 spiro atoms. The monoisotopic (exact) mass is 391 g/mol. The Bertz CT molecular complexity index is 829. The summed E-state index contributed by atoms with van der Waals surface area (Å²) in [4.78, 5) is 24.3. The predicted molar refractivity (Wildman–Crippen MR) is 104 cm³/mol. The Hall–Kier alpha value is -2.81. The molecule has 8 nitrogen and oxygen atoms in total. The van der Waals surface area contributed by atoms with Crippen molar-refractivity contribution < 1.29 is 19.0 Å². The van der Waals surface area contributed by atoms with Gasteiger partial charge in [-0.3, -0.25) is 0 Å². The lowest BCUT2D eigenvalue weighted by Crippen LogP contribution is -2.43. The van der Waals surface area contributed by atoms with Gasteiger partial charge in [0.15, 0.2) is 0 Å². The first-order chi connectivity index (χ1) is 13.1. The van der Waals surface area contributed by atoms with Gasteiger partial charge in [-0.25, -0.2) is 29.0 Å². The molecule has 28 heavy (non-hydrogen) atoms. The van der Waals surface area contributed by atoms with Crippen LogP contribution in [0.3, 0.4) is 0 Å². The predicted octanol–water partition coefficient (Wildman–Crippen LogP) is 3.26. The number of halogens is 1. The summed E-state index contributed by atoms with van der Waals surface area (Å²) in [6.45, 7) is 5.46. The molecule has 2 heterocycles. The molecule has 152 valence electrons. The van der Waals surface area contributed by atoms with Gasteiger partial charge < -0.3 is 15.6 Å². The van der Waals surface area contributed by atoms with E-state index in [1.54, 1.807) is 18.2 Å². The maximum atomic E-state index is 13.5. The van der Waals surface area contributed by atoms with Crippen molar-refractivity contribution in [1.29, 1.82) is 0 Å². The number of nitrogens with two attached hydrogens (primary N) is 1. The largest absolute Gasteiger partial charge is 0.490 e. The highest BCUT2D eigenvalue weighted by molar-refractivity contribution is 5.83. The number of ether oxygens (including phenoxy) is 1. The van der Waals surface area contributed by atoms with Crippen LogP contribution >= 0.6 is 0 Å². The van der Waals surface area contributed by atoms with Gasteiger partial charge >= 0.3 is 6.09 Å². The smallest absolute Gasteiger partial charge is 0.413 e. The maximum absolute atomic E-state index is 13.5. The summed E-state index contributed by atoms with van der Waals surface area (Å²) in [5.41, 5.74) is 6.60. The van der Waals surface area contributed by atoms with Crippen LogP contribution in [0.2, 0.25) is 0 Å². The maximum Gasteiger partial charge on any atom is 0.413 e. The number of aromatic nitrogens is 3. The number of amides is 1. The number of nitrogens with zero attached hydrogens (tertiary/aromatic N) is 4. The third-order valence-electron chi connectivity index (χ3n) is 3.98. The van der Waals surface area contributed by atoms with Crippen molar-refractivity contribution in [3.8, 4) is 17.1 Å². The molecular formula is C19H26FN5O3. The van der Waals surface area contributed by atoms with Crippen LogP contribution in [0.5, 0.6) is 5.75 Å². The molecule has 2 aromatic rings. The minimum Gasteiger partial charge on any atom is -0.490 e. The van der Waals surface area contributed by atoms with Gasteiger partial charge in [-0.05, 0) is 37.5 Å². The summed E-state index contributed by atoms with van der Waals surface area (Å²) in [5.74, 6) is 0.737. The molecule has 0 aliphatic heterocycles. The quantitative estimate of drug-likeness (QED) is 0.710. The van der Waals surface area contributed by atoms with E-state index in [0.717, 1.165) is 11.3 Å². The number of rotatable bonds is 8. The Balaban J connectivity index is 2.24. The van der Waals surface area contributed by atoms with Gasteiger partial charge in [0, 0.05) is 18.8 Å². The molecule has 3 N–H and O–H groups in total. The number of anilines is 1. The van der Waals surface area contributed by atoms with Gasteiger partial charge in [-0.1, -0.05) is 13.8 Å². The summed E-state index contributed by atoms with van der Waals surface area (Å²) in [5, 5.41) is 9.05. The normalized spacial score (nSPS) is 13.2. The molecule has 9 heteroatoms. The average Bonchev–Trinajstić information content (AvgIpc) is 2.64. The first-order valence-corrected chi connectivity index (χ1v) is 8.90. The van der Waals surface area contributed by atoms with Crippen LogP contribution in [-0.2, 0) is 6.67 Å². The minimum absolute atomic E-state index is 0.00140. The second-order valence-electron chi connectivity index (χ2n) is 7.40. The number of carboxylic acid groups (broad SMARTS) is 1. The van der Waals surface area contributed by atoms with Gasteiger partial charge in [0.1, 0.15) is 24.7 Å². The molecule has 1 amide bonds. The highest BCUT2D eigenvalue weighted by Crippen LogP contribution is 2.25. The third-order valence-corrected chi connectivity index (χ3v) is 3.98. The lowest BCUT2D eigenvalue weighted by molar-refractivity contribution is 0.203. The Morgan fingerprint density at radius 3 is 2.61 bits per heavy atom. The first kappa shape index (κ1) is 21.5. The van der Waals surface area contributed by atoms with Crippen LogP contribution in [0.25, 0.3) is 11.4 Å². The second kappa shape index (κ2) is 8.92. The van der Waals surface area contributed by atoms with Gasteiger partial charge in [0.05, 0.1) is 11.4 Å². The summed E-state index contributed by atoms with van der Waals surface area (Å²) < 4.78 is 19.3. The zero-order valence-corrected chi connectivity index (χ0v) is 16.5. The molecule has 0 bridgehead atoms. The van der Waals surface area contributed by atoms with E-state index in [1.807, 2.05) is 6.92 Å². The van der Waals surface area contributed by atoms with E-state index in [4.69, 9.17) is 15.6 Å². The van der Waals surface area contributed by atoms with Crippen molar-refractivity contribution in [2.24, 2.45) is 11.7 Å². The van der Waals surface area contributed by atoms with Crippen LogP contribution < -0.4 is 15.4 Å². The molecule has 0 aliphatic carbocycles. The molecule has 2 aromatic heterocycles. The SMILES string of the molecule is CC(C)CC(C)(N)COc1ccc(-c2ccnc(N(C)C(=O)O)n2)nc1CF. The van der Waals surface area contributed by atoms with Crippen LogP contribution in [0, 0.1) is 5.92 Å². The molecule has 0 fully saturated rings. The Morgan fingerprint density at radius 1 is 1.32 bits per heavy atom. The molecule has 0 saturated carbocycles. The number of alkyl halides is 1. The lowest BCUT2D eigenvalue weighted by atomic mass is 9.93. The molecule has 1 unspecified atom stereocenters. The molecule has 0 radical (unpaired) electrons. The van der Waals surface area contributed by atoms with Crippen LogP contribution in [-0.4, -0.2) is 45.3 Å². The Kier molecular flexibility index (Phi) is 6.85. The summed E-state index contributed by atoms with van der Waals surface area (Å²) >= 11 is 0. The number of hydrogen-bond donors (Lipinski definition) is 2. The van der Waals surface area contributed by atoms with E-state index in [0.29, 0.717) is 23.1 Å². The van der Waals surface area contributed by atoms with E-state index in [-0.39, 0.29) is 18.2 Å². The zero-order valence-electron chi connectivity index (χ0n) is 16.5. The number of pyridine rings is 1. The molecule has 0 aliphatic rings. The standard InChI is InChI=1S/C19H26FN5O3/c1-12(2)9-19(3,21)11-28-16-6-5-13(23-15(16)10-20)14-7-8-22-17(24-14)25(4)18(26)27/h5-8,12H,9-11,21H2,1-4H3,(H,26,27). The second-order valence-corrected chi connectivity index (χ2v) is 7.40. The lowest BCUT2D eigenvalue weighted by Gasteiger charge is -2.27. The Morgan fingerprint density at radius 2 is 2.00 bits per heavy atom. The fraction of sp³-hybridized carbons (Fsp3) is 0.474. The molecule has 1 atom stereocenters. The van der Waals surface area contributed by atoms with Crippen molar-refractivity contribution in [2.45, 2.75) is 39.4 Å². The van der Waals surface area contributed by atoms with E-state index in [1.165, 1.54) is 13.2 Å². The zero-order chi connectivity index (χ0) is 20.9. The molecule has 0 saturated heterocycles. The molecular weight excluding hydrogens is 365 g/mol. The first-order valence-electron chi connectivity index (χ1n) is 8.90. The summed E-state index contributed by atoms with van der Waals surface area (Å²) in [7, 11) is 1.33. The van der Waals surface area contributed by atoms with Crippen molar-refractivity contribution >= 4 is 12.0 Å². The van der Waals surface area contributed by atoms with Crippen LogP contribution in [0.4, 0.5) is 15.1 Å². The van der Waals surface area contributed by atoms with E-state index >= 15 is 0 Å². The summed E-state index contributed by atoms with van der Waals surface area (Å²) in [6.07, 6.45) is 0.999. The van der Waals surface area contributed by atoms with Gasteiger partial charge in [-0.15, -0.1) is 0 Å². The number of hydrogen-bond acceptors (Lipinski definition) is 6. The van der Waals surface area contributed by atoms with E-state index in [9.17, 15) is 9.18 Å². The number of carbonyl (C=O) groups is 1. The van der Waals surface area contributed by atoms with Gasteiger partial charge in [0.25, 0.3) is 0 Å². The van der Waals surface area contributed by atoms with Crippen molar-refractivity contribution in [3.63, 3.8) is 0 Å². The van der Waals surface area contributed by atoms with Crippen molar-refractivity contribution in [3.05, 3.63) is 30.1 Å². The average molecular weight is 391 g/mol. The highest BCUT2D eigenvalue weighted by Gasteiger charge is 2.22. The Labute approximate surface area is 163 Å². The summed E-state index contributed by atoms with van der Waals surface area (Å²) in [6, 6.07) is 4.83. The third kappa shape index (κ3) is 5.59. The topological polar surface area (TPSA) is 114 Å². The van der Waals surface area contributed by atoms with Crippen LogP contribution in [0.15, 0.2) is 24.4 Å².